The van der Waals surface area contributed by atoms with Crippen LogP contribution in [0.25, 0.3) is 0 Å². The summed E-state index contributed by atoms with van der Waals surface area (Å²) in [5.41, 5.74) is -0.607. The summed E-state index contributed by atoms with van der Waals surface area (Å²) in [5.74, 6) is -0.663. The van der Waals surface area contributed by atoms with Gasteiger partial charge in [0, 0.05) is 31.7 Å². The Morgan fingerprint density at radius 2 is 1.83 bits per heavy atom. The molecule has 1 aliphatic heterocycles. The lowest BCUT2D eigenvalue weighted by atomic mass is 9.84. The van der Waals surface area contributed by atoms with Crippen molar-refractivity contribution in [2.45, 2.75) is 52.6 Å². The van der Waals surface area contributed by atoms with Gasteiger partial charge in [-0.25, -0.2) is 0 Å². The molecule has 0 spiro atoms. The minimum atomic E-state index is -0.663. The molecule has 1 fully saturated rings. The molecule has 0 bridgehead atoms. The first-order chi connectivity index (χ1) is 8.30. The fourth-order valence-electron chi connectivity index (χ4n) is 2.94. The first-order valence-corrected chi connectivity index (χ1v) is 6.98. The van der Waals surface area contributed by atoms with Crippen molar-refractivity contribution in [2.24, 2.45) is 5.41 Å². The highest BCUT2D eigenvalue weighted by Crippen LogP contribution is 2.27. The second-order valence-corrected chi connectivity index (χ2v) is 6.17. The Morgan fingerprint density at radius 3 is 2.22 bits per heavy atom. The van der Waals surface area contributed by atoms with Gasteiger partial charge in [0.1, 0.15) is 0 Å². The molecule has 3 atom stereocenters. The second-order valence-electron chi connectivity index (χ2n) is 6.17. The molecular formula is C14H28N2O2. The normalized spacial score (nSPS) is 30.1. The van der Waals surface area contributed by atoms with Crippen molar-refractivity contribution < 1.29 is 9.90 Å². The zero-order valence-electron chi connectivity index (χ0n) is 12.4. The summed E-state index contributed by atoms with van der Waals surface area (Å²) in [4.78, 5) is 16.2. The lowest BCUT2D eigenvalue weighted by molar-refractivity contribution is -0.150. The fourth-order valence-corrected chi connectivity index (χ4v) is 2.94. The zero-order valence-corrected chi connectivity index (χ0v) is 12.4. The lowest BCUT2D eigenvalue weighted by Gasteiger charge is -2.44. The van der Waals surface area contributed by atoms with Crippen molar-refractivity contribution in [2.75, 3.05) is 26.7 Å². The van der Waals surface area contributed by atoms with E-state index in [0.717, 1.165) is 25.9 Å². The van der Waals surface area contributed by atoms with Crippen molar-refractivity contribution in [1.29, 1.82) is 0 Å². The number of carboxylic acids is 1. The highest BCUT2D eigenvalue weighted by atomic mass is 16.4. The van der Waals surface area contributed by atoms with Crippen LogP contribution in [0.3, 0.4) is 0 Å². The molecule has 106 valence electrons. The van der Waals surface area contributed by atoms with Crippen LogP contribution in [-0.4, -0.2) is 59.6 Å². The van der Waals surface area contributed by atoms with E-state index in [4.69, 9.17) is 0 Å². The van der Waals surface area contributed by atoms with Gasteiger partial charge < -0.3 is 5.11 Å². The van der Waals surface area contributed by atoms with Gasteiger partial charge in [-0.15, -0.1) is 0 Å². The Bertz CT molecular complexity index is 284. The summed E-state index contributed by atoms with van der Waals surface area (Å²) in [6.07, 6.45) is 1.67. The second kappa shape index (κ2) is 6.02. The molecular weight excluding hydrogens is 228 g/mol. The molecule has 18 heavy (non-hydrogen) atoms. The standard InChI is InChI=1S/C14H28N2O2/c1-6-7-14(4,13(17)18)10-16-8-11(2)15(5)12(3)9-16/h11-12H,6-10H2,1-5H3,(H,17,18). The predicted molar refractivity (Wildman–Crippen MR) is 73.8 cm³/mol. The fraction of sp³-hybridized carbons (Fsp3) is 0.929. The number of likely N-dealkylation sites (N-methyl/N-ethyl adjacent to an activating group) is 1. The van der Waals surface area contributed by atoms with Crippen LogP contribution >= 0.6 is 0 Å². The van der Waals surface area contributed by atoms with Crippen LogP contribution in [0.5, 0.6) is 0 Å². The SMILES string of the molecule is CCCC(C)(CN1CC(C)N(C)C(C)C1)C(=O)O. The Morgan fingerprint density at radius 1 is 1.33 bits per heavy atom. The van der Waals surface area contributed by atoms with Gasteiger partial charge in [-0.3, -0.25) is 14.6 Å². The van der Waals surface area contributed by atoms with Gasteiger partial charge in [0.05, 0.1) is 5.41 Å². The van der Waals surface area contributed by atoms with Crippen molar-refractivity contribution in [3.63, 3.8) is 0 Å². The van der Waals surface area contributed by atoms with E-state index in [2.05, 4.69) is 37.6 Å². The molecule has 1 aliphatic rings. The molecule has 1 heterocycles. The number of nitrogens with zero attached hydrogens (tertiary/aromatic N) is 2. The summed E-state index contributed by atoms with van der Waals surface area (Å²) in [6.45, 7) is 10.9. The molecule has 0 radical (unpaired) electrons. The molecule has 0 aromatic carbocycles. The molecule has 0 aromatic rings. The summed E-state index contributed by atoms with van der Waals surface area (Å²) < 4.78 is 0. The monoisotopic (exact) mass is 256 g/mol. The number of piperazine rings is 1. The van der Waals surface area contributed by atoms with Crippen LogP contribution in [0.2, 0.25) is 0 Å². The van der Waals surface area contributed by atoms with Gasteiger partial charge in [0.2, 0.25) is 0 Å². The molecule has 3 unspecified atom stereocenters. The van der Waals surface area contributed by atoms with E-state index < -0.39 is 11.4 Å². The molecule has 0 aliphatic carbocycles. The van der Waals surface area contributed by atoms with E-state index in [1.807, 2.05) is 6.92 Å². The topological polar surface area (TPSA) is 43.8 Å². The summed E-state index contributed by atoms with van der Waals surface area (Å²) in [6, 6.07) is 0.988. The van der Waals surface area contributed by atoms with Crippen LogP contribution in [-0.2, 0) is 4.79 Å². The number of aliphatic carboxylic acids is 1. The molecule has 1 rings (SSSR count). The van der Waals surface area contributed by atoms with Gasteiger partial charge >= 0.3 is 5.97 Å². The first-order valence-electron chi connectivity index (χ1n) is 6.98. The quantitative estimate of drug-likeness (QED) is 0.816. The van der Waals surface area contributed by atoms with E-state index in [1.165, 1.54) is 0 Å². The Balaban J connectivity index is 2.68. The molecule has 0 saturated carbocycles. The average molecular weight is 256 g/mol. The van der Waals surface area contributed by atoms with E-state index in [0.29, 0.717) is 18.6 Å². The van der Waals surface area contributed by atoms with Crippen molar-refractivity contribution >= 4 is 5.97 Å². The Kier molecular flexibility index (Phi) is 5.17. The maximum atomic E-state index is 11.5. The maximum Gasteiger partial charge on any atom is 0.310 e. The summed E-state index contributed by atoms with van der Waals surface area (Å²) >= 11 is 0. The van der Waals surface area contributed by atoms with Crippen LogP contribution in [0, 0.1) is 5.41 Å². The average Bonchev–Trinajstić information content (AvgIpc) is 2.25. The minimum absolute atomic E-state index is 0.494. The highest BCUT2D eigenvalue weighted by molar-refractivity contribution is 5.74. The van der Waals surface area contributed by atoms with Crippen LogP contribution in [0.15, 0.2) is 0 Å². The van der Waals surface area contributed by atoms with Gasteiger partial charge in [-0.2, -0.15) is 0 Å². The lowest BCUT2D eigenvalue weighted by Crippen LogP contribution is -2.57. The zero-order chi connectivity index (χ0) is 13.9. The number of rotatable bonds is 5. The third-order valence-electron chi connectivity index (χ3n) is 4.33. The van der Waals surface area contributed by atoms with Crippen LogP contribution < -0.4 is 0 Å². The molecule has 4 heteroatoms. The Labute approximate surface area is 111 Å². The maximum absolute atomic E-state index is 11.5. The van der Waals surface area contributed by atoms with Crippen molar-refractivity contribution in [3.05, 3.63) is 0 Å². The molecule has 1 N–H and O–H groups in total. The predicted octanol–water partition coefficient (Wildman–Crippen LogP) is 1.90. The van der Waals surface area contributed by atoms with E-state index >= 15 is 0 Å². The van der Waals surface area contributed by atoms with Gasteiger partial charge in [-0.05, 0) is 34.2 Å². The molecule has 4 nitrogen and oxygen atoms in total. The van der Waals surface area contributed by atoms with Crippen LogP contribution in [0.4, 0.5) is 0 Å². The van der Waals surface area contributed by atoms with Gasteiger partial charge in [0.25, 0.3) is 0 Å². The number of hydrogen-bond donors (Lipinski definition) is 1. The number of carbonyl (C=O) groups is 1. The van der Waals surface area contributed by atoms with Gasteiger partial charge in [-0.1, -0.05) is 13.3 Å². The van der Waals surface area contributed by atoms with E-state index in [1.54, 1.807) is 0 Å². The molecule has 0 amide bonds. The van der Waals surface area contributed by atoms with Crippen molar-refractivity contribution in [1.82, 2.24) is 9.80 Å². The molecule has 0 aromatic heterocycles. The third-order valence-corrected chi connectivity index (χ3v) is 4.33. The third kappa shape index (κ3) is 3.45. The van der Waals surface area contributed by atoms with Gasteiger partial charge in [0.15, 0.2) is 0 Å². The smallest absolute Gasteiger partial charge is 0.310 e. The number of carboxylic acid groups (broad SMARTS) is 1. The molecule has 1 saturated heterocycles. The van der Waals surface area contributed by atoms with Crippen LogP contribution in [0.1, 0.15) is 40.5 Å². The summed E-state index contributed by atoms with van der Waals surface area (Å²) in [7, 11) is 2.15. The minimum Gasteiger partial charge on any atom is -0.481 e. The Hall–Kier alpha value is -0.610. The number of hydrogen-bond acceptors (Lipinski definition) is 3. The van der Waals surface area contributed by atoms with E-state index in [9.17, 15) is 9.90 Å². The largest absolute Gasteiger partial charge is 0.481 e. The highest BCUT2D eigenvalue weighted by Gasteiger charge is 2.37. The summed E-state index contributed by atoms with van der Waals surface area (Å²) in [5, 5.41) is 9.44. The van der Waals surface area contributed by atoms with Crippen molar-refractivity contribution in [3.8, 4) is 0 Å². The first kappa shape index (κ1) is 15.4. The van der Waals surface area contributed by atoms with E-state index in [-0.39, 0.29) is 0 Å².